The van der Waals surface area contributed by atoms with Gasteiger partial charge in [-0.25, -0.2) is 4.79 Å². The van der Waals surface area contributed by atoms with Crippen LogP contribution < -0.4 is 10.6 Å². The Kier molecular flexibility index (Phi) is 3.89. The summed E-state index contributed by atoms with van der Waals surface area (Å²) in [5.74, 6) is 0. The van der Waals surface area contributed by atoms with Crippen LogP contribution in [0.2, 0.25) is 5.02 Å². The fourth-order valence-corrected chi connectivity index (χ4v) is 1.94. The number of hydrogen-bond donors (Lipinski definition) is 2. The fourth-order valence-electron chi connectivity index (χ4n) is 1.72. The van der Waals surface area contributed by atoms with Gasteiger partial charge < -0.3 is 10.6 Å². The van der Waals surface area contributed by atoms with Gasteiger partial charge in [-0.2, -0.15) is 0 Å². The molecule has 0 bridgehead atoms. The minimum atomic E-state index is -0.0768. The monoisotopic (exact) mass is 252 g/mol. The summed E-state index contributed by atoms with van der Waals surface area (Å²) < 4.78 is 0. The molecule has 0 aliphatic heterocycles. The molecule has 3 nitrogen and oxygen atoms in total. The summed E-state index contributed by atoms with van der Waals surface area (Å²) in [5.41, 5.74) is 1.06. The highest BCUT2D eigenvalue weighted by molar-refractivity contribution is 6.31. The van der Waals surface area contributed by atoms with Crippen LogP contribution in [0.4, 0.5) is 4.79 Å². The maximum atomic E-state index is 11.5. The second-order valence-corrected chi connectivity index (χ2v) is 5.00. The topological polar surface area (TPSA) is 41.1 Å². The van der Waals surface area contributed by atoms with Gasteiger partial charge in [-0.15, -0.1) is 0 Å². The van der Waals surface area contributed by atoms with Crippen molar-refractivity contribution < 1.29 is 4.79 Å². The highest BCUT2D eigenvalue weighted by Crippen LogP contribution is 2.19. The fraction of sp³-hybridized carbons (Fsp3) is 0.462. The van der Waals surface area contributed by atoms with Crippen LogP contribution in [0.1, 0.15) is 25.3 Å². The Morgan fingerprint density at radius 2 is 2.18 bits per heavy atom. The number of hydrogen-bond acceptors (Lipinski definition) is 1. The first-order chi connectivity index (χ1) is 8.15. The molecule has 1 unspecified atom stereocenters. The number of carbonyl (C=O) groups is 1. The highest BCUT2D eigenvalue weighted by atomic mass is 35.5. The second-order valence-electron chi connectivity index (χ2n) is 4.59. The molecule has 1 saturated carbocycles. The van der Waals surface area contributed by atoms with Crippen molar-refractivity contribution in [1.29, 1.82) is 0 Å². The molecular weight excluding hydrogens is 236 g/mol. The third-order valence-electron chi connectivity index (χ3n) is 2.77. The zero-order chi connectivity index (χ0) is 12.3. The first-order valence-corrected chi connectivity index (χ1v) is 6.33. The zero-order valence-electron chi connectivity index (χ0n) is 9.87. The van der Waals surface area contributed by atoms with Crippen LogP contribution in [-0.4, -0.2) is 18.1 Å². The van der Waals surface area contributed by atoms with E-state index < -0.39 is 0 Å². The van der Waals surface area contributed by atoms with Gasteiger partial charge in [0, 0.05) is 17.1 Å². The minimum Gasteiger partial charge on any atom is -0.335 e. The number of benzene rings is 1. The van der Waals surface area contributed by atoms with E-state index in [4.69, 9.17) is 11.6 Å². The summed E-state index contributed by atoms with van der Waals surface area (Å²) >= 11 is 6.07. The van der Waals surface area contributed by atoms with E-state index in [0.29, 0.717) is 6.04 Å². The molecule has 2 rings (SSSR count). The Hall–Kier alpha value is -1.22. The Morgan fingerprint density at radius 3 is 2.82 bits per heavy atom. The molecule has 2 amide bonds. The highest BCUT2D eigenvalue weighted by Gasteiger charge is 2.23. The number of halogens is 1. The Morgan fingerprint density at radius 1 is 1.47 bits per heavy atom. The molecule has 17 heavy (non-hydrogen) atoms. The number of rotatable bonds is 4. The lowest BCUT2D eigenvalue weighted by Crippen LogP contribution is -2.42. The van der Waals surface area contributed by atoms with Crippen molar-refractivity contribution in [3.8, 4) is 0 Å². The first-order valence-electron chi connectivity index (χ1n) is 5.95. The summed E-state index contributed by atoms with van der Waals surface area (Å²) in [5, 5.41) is 6.57. The third-order valence-corrected chi connectivity index (χ3v) is 3.14. The van der Waals surface area contributed by atoms with Crippen LogP contribution >= 0.6 is 11.6 Å². The van der Waals surface area contributed by atoms with Gasteiger partial charge in [0.25, 0.3) is 0 Å². The summed E-state index contributed by atoms with van der Waals surface area (Å²) in [6.07, 6.45) is 2.95. The van der Waals surface area contributed by atoms with Crippen molar-refractivity contribution in [2.24, 2.45) is 0 Å². The standard InChI is InChI=1S/C13H17ClN2O/c1-9(15-13(17)16-11-6-7-11)8-10-4-2-3-5-12(10)14/h2-5,9,11H,6-8H2,1H3,(H2,15,16,17). The predicted octanol–water partition coefficient (Wildman–Crippen LogP) is 2.73. The van der Waals surface area contributed by atoms with E-state index in [1.165, 1.54) is 0 Å². The van der Waals surface area contributed by atoms with E-state index in [-0.39, 0.29) is 12.1 Å². The van der Waals surface area contributed by atoms with E-state index >= 15 is 0 Å². The van der Waals surface area contributed by atoms with Gasteiger partial charge in [-0.1, -0.05) is 29.8 Å². The Bertz CT molecular complexity index is 404. The van der Waals surface area contributed by atoms with Gasteiger partial charge in [-0.3, -0.25) is 0 Å². The maximum absolute atomic E-state index is 11.5. The molecule has 1 aromatic carbocycles. The molecule has 0 saturated heterocycles. The van der Waals surface area contributed by atoms with E-state index in [2.05, 4.69) is 10.6 Å². The van der Waals surface area contributed by atoms with Crippen LogP contribution in [0.3, 0.4) is 0 Å². The summed E-state index contributed by atoms with van der Waals surface area (Å²) in [6.45, 7) is 1.98. The predicted molar refractivity (Wildman–Crippen MR) is 69.3 cm³/mol. The average molecular weight is 253 g/mol. The van der Waals surface area contributed by atoms with E-state index in [0.717, 1.165) is 29.8 Å². The van der Waals surface area contributed by atoms with Gasteiger partial charge in [-0.05, 0) is 37.8 Å². The minimum absolute atomic E-state index is 0.0768. The molecule has 0 radical (unpaired) electrons. The van der Waals surface area contributed by atoms with Gasteiger partial charge in [0.2, 0.25) is 0 Å². The van der Waals surface area contributed by atoms with Crippen LogP contribution in [0, 0.1) is 0 Å². The molecule has 1 aliphatic rings. The van der Waals surface area contributed by atoms with Gasteiger partial charge in [0.05, 0.1) is 0 Å². The normalized spacial score (nSPS) is 16.4. The summed E-state index contributed by atoms with van der Waals surface area (Å²) in [4.78, 5) is 11.5. The quantitative estimate of drug-likeness (QED) is 0.850. The smallest absolute Gasteiger partial charge is 0.315 e. The molecule has 1 aromatic rings. The molecule has 0 heterocycles. The van der Waals surface area contributed by atoms with Crippen LogP contribution in [0.25, 0.3) is 0 Å². The maximum Gasteiger partial charge on any atom is 0.315 e. The van der Waals surface area contributed by atoms with Crippen LogP contribution in [0.15, 0.2) is 24.3 Å². The second kappa shape index (κ2) is 5.41. The Balaban J connectivity index is 1.81. The zero-order valence-corrected chi connectivity index (χ0v) is 10.6. The number of nitrogens with one attached hydrogen (secondary N) is 2. The van der Waals surface area contributed by atoms with Crippen molar-refractivity contribution in [1.82, 2.24) is 10.6 Å². The lowest BCUT2D eigenvalue weighted by molar-refractivity contribution is 0.237. The molecular formula is C13H17ClN2O. The van der Waals surface area contributed by atoms with Gasteiger partial charge >= 0.3 is 6.03 Å². The lowest BCUT2D eigenvalue weighted by atomic mass is 10.1. The van der Waals surface area contributed by atoms with Crippen molar-refractivity contribution in [2.45, 2.75) is 38.3 Å². The van der Waals surface area contributed by atoms with Crippen molar-refractivity contribution in [3.05, 3.63) is 34.9 Å². The Labute approximate surface area is 107 Å². The molecule has 1 fully saturated rings. The molecule has 2 N–H and O–H groups in total. The number of amides is 2. The molecule has 92 valence electrons. The van der Waals surface area contributed by atoms with Crippen LogP contribution in [0.5, 0.6) is 0 Å². The third kappa shape index (κ3) is 3.93. The molecule has 0 aromatic heterocycles. The van der Waals surface area contributed by atoms with Gasteiger partial charge in [0.15, 0.2) is 0 Å². The summed E-state index contributed by atoms with van der Waals surface area (Å²) in [6, 6.07) is 8.11. The number of carbonyl (C=O) groups excluding carboxylic acids is 1. The van der Waals surface area contributed by atoms with E-state index in [9.17, 15) is 4.79 Å². The van der Waals surface area contributed by atoms with Crippen molar-refractivity contribution >= 4 is 17.6 Å². The molecule has 1 atom stereocenters. The van der Waals surface area contributed by atoms with Crippen molar-refractivity contribution in [3.63, 3.8) is 0 Å². The van der Waals surface area contributed by atoms with Crippen molar-refractivity contribution in [2.75, 3.05) is 0 Å². The average Bonchev–Trinajstić information content (AvgIpc) is 3.05. The van der Waals surface area contributed by atoms with Gasteiger partial charge in [0.1, 0.15) is 0 Å². The first kappa shape index (κ1) is 12.2. The lowest BCUT2D eigenvalue weighted by Gasteiger charge is -2.15. The molecule has 0 spiro atoms. The van der Waals surface area contributed by atoms with Crippen LogP contribution in [-0.2, 0) is 6.42 Å². The van der Waals surface area contributed by atoms with E-state index in [1.54, 1.807) is 0 Å². The SMILES string of the molecule is CC(Cc1ccccc1Cl)NC(=O)NC1CC1. The van der Waals surface area contributed by atoms with E-state index in [1.807, 2.05) is 31.2 Å². The largest absolute Gasteiger partial charge is 0.335 e. The molecule has 4 heteroatoms. The molecule has 1 aliphatic carbocycles. The summed E-state index contributed by atoms with van der Waals surface area (Å²) in [7, 11) is 0. The number of urea groups is 1.